The largest absolute Gasteiger partial charge is 0.469 e. The fourth-order valence-electron chi connectivity index (χ4n) is 3.22. The molecule has 0 unspecified atom stereocenters. The van der Waals surface area contributed by atoms with Gasteiger partial charge in [-0.25, -0.2) is 4.39 Å². The Kier molecular flexibility index (Phi) is 3.57. The molecule has 3 nitrogen and oxygen atoms in total. The van der Waals surface area contributed by atoms with Crippen molar-refractivity contribution < 1.29 is 18.7 Å². The second-order valence-electron chi connectivity index (χ2n) is 5.97. The lowest BCUT2D eigenvalue weighted by atomic mass is 9.76. The zero-order valence-corrected chi connectivity index (χ0v) is 12.3. The SMILES string of the molecule is Cc1ccc(C[C@H](C)[C@]23CCC(=O)C=C2OCO3)c(F)c1. The number of rotatable bonds is 3. The van der Waals surface area contributed by atoms with Crippen molar-refractivity contribution in [1.82, 2.24) is 0 Å². The average Bonchev–Trinajstić information content (AvgIpc) is 2.86. The van der Waals surface area contributed by atoms with Gasteiger partial charge in [-0.05, 0) is 42.9 Å². The lowest BCUT2D eigenvalue weighted by Gasteiger charge is -2.35. The molecule has 0 N–H and O–H groups in total. The average molecular weight is 290 g/mol. The summed E-state index contributed by atoms with van der Waals surface area (Å²) in [5.74, 6) is 0.532. The second kappa shape index (κ2) is 5.26. The summed E-state index contributed by atoms with van der Waals surface area (Å²) >= 11 is 0. The van der Waals surface area contributed by atoms with Gasteiger partial charge in [-0.3, -0.25) is 4.79 Å². The van der Waals surface area contributed by atoms with Crippen LogP contribution in [0.25, 0.3) is 0 Å². The van der Waals surface area contributed by atoms with Crippen LogP contribution in [-0.4, -0.2) is 18.2 Å². The van der Waals surface area contributed by atoms with E-state index in [1.54, 1.807) is 12.1 Å². The van der Waals surface area contributed by atoms with Gasteiger partial charge in [0.05, 0.1) is 0 Å². The molecule has 0 aromatic heterocycles. The third kappa shape index (κ3) is 2.48. The van der Waals surface area contributed by atoms with Gasteiger partial charge in [-0.15, -0.1) is 0 Å². The first-order valence-electron chi connectivity index (χ1n) is 7.28. The first-order chi connectivity index (χ1) is 10.0. The molecule has 1 aliphatic heterocycles. The number of fused-ring (bicyclic) bond motifs is 1. The van der Waals surface area contributed by atoms with E-state index in [9.17, 15) is 9.18 Å². The Hall–Kier alpha value is -1.68. The molecule has 0 saturated carbocycles. The topological polar surface area (TPSA) is 35.5 Å². The zero-order chi connectivity index (χ0) is 15.0. The van der Waals surface area contributed by atoms with Crippen molar-refractivity contribution in [3.8, 4) is 0 Å². The van der Waals surface area contributed by atoms with E-state index < -0.39 is 5.60 Å². The van der Waals surface area contributed by atoms with Gasteiger partial charge < -0.3 is 9.47 Å². The van der Waals surface area contributed by atoms with Crippen molar-refractivity contribution in [2.75, 3.05) is 6.79 Å². The number of allylic oxidation sites excluding steroid dienone is 1. The van der Waals surface area contributed by atoms with Crippen molar-refractivity contribution in [1.29, 1.82) is 0 Å². The molecule has 1 aromatic rings. The van der Waals surface area contributed by atoms with Gasteiger partial charge >= 0.3 is 0 Å². The number of benzene rings is 1. The van der Waals surface area contributed by atoms with Gasteiger partial charge in [-0.2, -0.15) is 0 Å². The quantitative estimate of drug-likeness (QED) is 0.857. The van der Waals surface area contributed by atoms with Crippen LogP contribution in [0, 0.1) is 18.7 Å². The fourth-order valence-corrected chi connectivity index (χ4v) is 3.22. The minimum absolute atomic E-state index is 0.0385. The van der Waals surface area contributed by atoms with E-state index in [2.05, 4.69) is 0 Å². The number of ether oxygens (including phenoxy) is 2. The Bertz CT molecular complexity index is 608. The van der Waals surface area contributed by atoms with Crippen LogP contribution in [-0.2, 0) is 20.7 Å². The van der Waals surface area contributed by atoms with Crippen LogP contribution in [0.2, 0.25) is 0 Å². The van der Waals surface area contributed by atoms with Crippen molar-refractivity contribution >= 4 is 5.78 Å². The third-order valence-corrected chi connectivity index (χ3v) is 4.51. The van der Waals surface area contributed by atoms with Crippen molar-refractivity contribution in [2.45, 2.75) is 38.7 Å². The van der Waals surface area contributed by atoms with E-state index in [4.69, 9.17) is 9.47 Å². The Morgan fingerprint density at radius 2 is 2.24 bits per heavy atom. The summed E-state index contributed by atoms with van der Waals surface area (Å²) in [4.78, 5) is 11.5. The summed E-state index contributed by atoms with van der Waals surface area (Å²) in [7, 11) is 0. The molecule has 3 rings (SSSR count). The van der Waals surface area contributed by atoms with E-state index in [1.807, 2.05) is 26.0 Å². The van der Waals surface area contributed by atoms with Crippen LogP contribution in [0.3, 0.4) is 0 Å². The predicted molar refractivity (Wildman–Crippen MR) is 76.1 cm³/mol. The fraction of sp³-hybridized carbons (Fsp3) is 0.471. The Balaban J connectivity index is 1.86. The summed E-state index contributed by atoms with van der Waals surface area (Å²) in [5.41, 5.74) is 1.01. The molecule has 1 saturated heterocycles. The number of halogens is 1. The molecule has 1 aromatic carbocycles. The molecule has 0 bridgehead atoms. The molecule has 2 atom stereocenters. The highest BCUT2D eigenvalue weighted by atomic mass is 19.1. The van der Waals surface area contributed by atoms with E-state index in [0.717, 1.165) is 5.56 Å². The van der Waals surface area contributed by atoms with Crippen LogP contribution >= 0.6 is 0 Å². The summed E-state index contributed by atoms with van der Waals surface area (Å²) in [6.45, 7) is 4.06. The van der Waals surface area contributed by atoms with Gasteiger partial charge in [0.15, 0.2) is 12.6 Å². The van der Waals surface area contributed by atoms with Gasteiger partial charge in [0, 0.05) is 12.5 Å². The lowest BCUT2D eigenvalue weighted by molar-refractivity contribution is -0.117. The summed E-state index contributed by atoms with van der Waals surface area (Å²) in [5, 5.41) is 0. The maximum atomic E-state index is 14.0. The van der Waals surface area contributed by atoms with Gasteiger partial charge in [-0.1, -0.05) is 19.1 Å². The monoisotopic (exact) mass is 290 g/mol. The van der Waals surface area contributed by atoms with Crippen molar-refractivity contribution in [3.63, 3.8) is 0 Å². The Morgan fingerprint density at radius 3 is 3.00 bits per heavy atom. The van der Waals surface area contributed by atoms with Gasteiger partial charge in [0.1, 0.15) is 17.2 Å². The third-order valence-electron chi connectivity index (χ3n) is 4.51. The van der Waals surface area contributed by atoms with Gasteiger partial charge in [0.25, 0.3) is 0 Å². The molecule has 21 heavy (non-hydrogen) atoms. The minimum Gasteiger partial charge on any atom is -0.469 e. The normalized spacial score (nSPS) is 26.0. The standard InChI is InChI=1S/C17H19FO3/c1-11-3-4-13(15(18)7-11)8-12(2)17-6-5-14(19)9-16(17)20-10-21-17/h3-4,7,9,12H,5-6,8,10H2,1-2H3/t12-,17+/m0/s1. The molecule has 1 fully saturated rings. The summed E-state index contributed by atoms with van der Waals surface area (Å²) in [6, 6.07) is 5.29. The van der Waals surface area contributed by atoms with Crippen LogP contribution < -0.4 is 0 Å². The molecular weight excluding hydrogens is 271 g/mol. The van der Waals surface area contributed by atoms with Crippen molar-refractivity contribution in [3.05, 3.63) is 47.0 Å². The molecule has 0 radical (unpaired) electrons. The number of ketones is 1. The predicted octanol–water partition coefficient (Wildman–Crippen LogP) is 3.30. The van der Waals surface area contributed by atoms with Gasteiger partial charge in [0.2, 0.25) is 0 Å². The van der Waals surface area contributed by atoms with Crippen LogP contribution in [0.15, 0.2) is 30.0 Å². The number of hydrogen-bond acceptors (Lipinski definition) is 3. The molecular formula is C17H19FO3. The maximum absolute atomic E-state index is 14.0. The smallest absolute Gasteiger partial charge is 0.189 e. The van der Waals surface area contributed by atoms with Crippen LogP contribution in [0.5, 0.6) is 0 Å². The van der Waals surface area contributed by atoms with Crippen LogP contribution in [0.4, 0.5) is 4.39 Å². The Morgan fingerprint density at radius 1 is 1.43 bits per heavy atom. The van der Waals surface area contributed by atoms with Crippen molar-refractivity contribution in [2.24, 2.45) is 5.92 Å². The highest BCUT2D eigenvalue weighted by molar-refractivity contribution is 5.91. The van der Waals surface area contributed by atoms with E-state index in [0.29, 0.717) is 30.6 Å². The number of carbonyl (C=O) groups is 1. The Labute approximate surface area is 123 Å². The maximum Gasteiger partial charge on any atom is 0.189 e. The number of hydrogen-bond donors (Lipinski definition) is 0. The molecule has 112 valence electrons. The second-order valence-corrected chi connectivity index (χ2v) is 5.97. The first kappa shape index (κ1) is 14.3. The first-order valence-corrected chi connectivity index (χ1v) is 7.28. The summed E-state index contributed by atoms with van der Waals surface area (Å²) in [6.07, 6.45) is 3.15. The zero-order valence-electron chi connectivity index (χ0n) is 12.3. The lowest BCUT2D eigenvalue weighted by Crippen LogP contribution is -2.41. The van der Waals surface area contributed by atoms with E-state index in [1.165, 1.54) is 0 Å². The number of carbonyl (C=O) groups excluding carboxylic acids is 1. The van der Waals surface area contributed by atoms with E-state index in [-0.39, 0.29) is 24.3 Å². The summed E-state index contributed by atoms with van der Waals surface area (Å²) < 4.78 is 25.3. The molecule has 0 spiro atoms. The van der Waals surface area contributed by atoms with E-state index >= 15 is 0 Å². The molecule has 4 heteroatoms. The molecule has 1 aliphatic carbocycles. The van der Waals surface area contributed by atoms with Crippen LogP contribution in [0.1, 0.15) is 30.9 Å². The molecule has 1 heterocycles. The molecule has 0 amide bonds. The highest BCUT2D eigenvalue weighted by Crippen LogP contribution is 2.44. The minimum atomic E-state index is -0.578. The highest BCUT2D eigenvalue weighted by Gasteiger charge is 2.48. The molecule has 2 aliphatic rings. The number of aryl methyl sites for hydroxylation is 1.